The van der Waals surface area contributed by atoms with Crippen molar-refractivity contribution in [3.63, 3.8) is 0 Å². The zero-order valence-corrected chi connectivity index (χ0v) is 15.8. The number of halogens is 3. The summed E-state index contributed by atoms with van der Waals surface area (Å²) < 4.78 is 24.9. The highest BCUT2D eigenvalue weighted by Crippen LogP contribution is 2.32. The molecule has 22 heavy (non-hydrogen) atoms. The largest absolute Gasteiger partial charge is 1.00 e. The molecule has 1 aromatic carbocycles. The molecule has 2 aliphatic rings. The van der Waals surface area contributed by atoms with Gasteiger partial charge in [0, 0.05) is 10.6 Å². The van der Waals surface area contributed by atoms with Crippen LogP contribution in [0.4, 0.5) is 0 Å². The third-order valence-electron chi connectivity index (χ3n) is 3.37. The summed E-state index contributed by atoms with van der Waals surface area (Å²) in [6.07, 6.45) is 1.57. The third kappa shape index (κ3) is 3.62. The number of sulfone groups is 1. The van der Waals surface area contributed by atoms with Crippen LogP contribution < -0.4 is 22.7 Å². The fraction of sp³-hybridized carbons (Fsp3) is 0.333. The van der Waals surface area contributed by atoms with E-state index in [1.807, 2.05) is 0 Å². The van der Waals surface area contributed by atoms with Crippen molar-refractivity contribution in [1.29, 1.82) is 0 Å². The van der Waals surface area contributed by atoms with Crippen molar-refractivity contribution in [1.82, 2.24) is 0 Å². The fourth-order valence-electron chi connectivity index (χ4n) is 2.38. The van der Waals surface area contributed by atoms with Gasteiger partial charge in [-0.25, -0.2) is 8.42 Å². The number of nitrogens with two attached hydrogens (primary N) is 1. The molecule has 0 aliphatic carbocycles. The first-order chi connectivity index (χ1) is 9.85. The lowest BCUT2D eigenvalue weighted by atomic mass is 10.2. The van der Waals surface area contributed by atoms with Gasteiger partial charge in [0.25, 0.3) is 0 Å². The smallest absolute Gasteiger partial charge is 0.330 e. The number of benzene rings is 1. The summed E-state index contributed by atoms with van der Waals surface area (Å²) in [5.74, 6) is 0.230. The lowest BCUT2D eigenvalue weighted by Crippen LogP contribution is -3.00. The minimum absolute atomic E-state index is 0. The van der Waals surface area contributed by atoms with E-state index in [1.54, 1.807) is 29.1 Å². The normalized spacial score (nSPS) is 26.3. The Labute approximate surface area is 153 Å². The highest BCUT2D eigenvalue weighted by Gasteiger charge is 2.49. The highest BCUT2D eigenvalue weighted by molar-refractivity contribution is 8.15. The van der Waals surface area contributed by atoms with Crippen LogP contribution in [0.5, 0.6) is 0 Å². The number of thioether (sulfide) groups is 1. The van der Waals surface area contributed by atoms with E-state index in [0.717, 1.165) is 0 Å². The molecule has 5 nitrogen and oxygen atoms in total. The van der Waals surface area contributed by atoms with E-state index in [-0.39, 0.29) is 39.8 Å². The number of fused-ring (bicyclic) bond motifs is 1. The summed E-state index contributed by atoms with van der Waals surface area (Å²) in [7, 11) is -3.01. The van der Waals surface area contributed by atoms with Crippen LogP contribution >= 0.6 is 35.0 Å². The van der Waals surface area contributed by atoms with E-state index in [1.165, 1.54) is 11.8 Å². The Morgan fingerprint density at radius 3 is 2.77 bits per heavy atom. The number of rotatable bonds is 2. The van der Waals surface area contributed by atoms with Gasteiger partial charge in [-0.15, -0.1) is 4.68 Å². The van der Waals surface area contributed by atoms with Gasteiger partial charge in [-0.2, -0.15) is 0 Å². The van der Waals surface area contributed by atoms with E-state index in [2.05, 4.69) is 5.10 Å². The van der Waals surface area contributed by atoms with E-state index < -0.39 is 9.84 Å². The van der Waals surface area contributed by atoms with Crippen molar-refractivity contribution in [2.24, 2.45) is 10.8 Å². The molecule has 0 saturated carbocycles. The van der Waals surface area contributed by atoms with Gasteiger partial charge in [-0.1, -0.05) is 34.4 Å². The Morgan fingerprint density at radius 2 is 2.09 bits per heavy atom. The molecule has 2 N–H and O–H groups in total. The summed E-state index contributed by atoms with van der Waals surface area (Å²) in [5, 5.41) is 5.80. The Kier molecular flexibility index (Phi) is 5.49. The predicted molar refractivity (Wildman–Crippen MR) is 87.3 cm³/mol. The Morgan fingerprint density at radius 1 is 1.36 bits per heavy atom. The Balaban J connectivity index is 0.00000176. The number of nitrogens with zero attached hydrogens (tertiary/aromatic N) is 2. The van der Waals surface area contributed by atoms with Crippen LogP contribution in [0, 0.1) is 0 Å². The summed E-state index contributed by atoms with van der Waals surface area (Å²) in [6, 6.07) is 4.88. The van der Waals surface area contributed by atoms with Crippen LogP contribution in [0.2, 0.25) is 10.0 Å². The summed E-state index contributed by atoms with van der Waals surface area (Å²) in [5.41, 5.74) is 6.62. The fourth-order valence-corrected chi connectivity index (χ4v) is 6.58. The molecule has 0 aromatic heterocycles. The zero-order chi connectivity index (χ0) is 15.2. The maximum atomic E-state index is 11.7. The molecule has 0 radical (unpaired) electrons. The number of hydrogen-bond acceptors (Lipinski definition) is 5. The van der Waals surface area contributed by atoms with Gasteiger partial charge in [0.05, 0.1) is 28.0 Å². The minimum atomic E-state index is -3.01. The minimum Gasteiger partial charge on any atom is -1.00 e. The summed E-state index contributed by atoms with van der Waals surface area (Å²) >= 11 is 13.3. The molecule has 1 fully saturated rings. The second-order valence-corrected chi connectivity index (χ2v) is 9.15. The molecule has 2 atom stereocenters. The van der Waals surface area contributed by atoms with Crippen LogP contribution in [0.15, 0.2) is 23.3 Å². The van der Waals surface area contributed by atoms with Crippen molar-refractivity contribution < 1.29 is 30.1 Å². The maximum absolute atomic E-state index is 11.7. The molecule has 2 heterocycles. The monoisotopic (exact) mass is 443 g/mol. The molecule has 120 valence electrons. The number of hydrazone groups is 1. The molecule has 0 spiro atoms. The average Bonchev–Trinajstić information content (AvgIpc) is 2.80. The molecule has 2 aliphatic heterocycles. The van der Waals surface area contributed by atoms with Gasteiger partial charge in [0.2, 0.25) is 0 Å². The lowest BCUT2D eigenvalue weighted by molar-refractivity contribution is -0.558. The molecule has 0 bridgehead atoms. The van der Waals surface area contributed by atoms with Crippen molar-refractivity contribution >= 4 is 56.2 Å². The first kappa shape index (κ1) is 18.1. The van der Waals surface area contributed by atoms with Crippen LogP contribution in [0.1, 0.15) is 5.56 Å². The van der Waals surface area contributed by atoms with Gasteiger partial charge in [-0.05, 0) is 23.9 Å². The van der Waals surface area contributed by atoms with Crippen LogP contribution in [0.25, 0.3) is 0 Å². The molecule has 10 heteroatoms. The summed E-state index contributed by atoms with van der Waals surface area (Å²) in [6.45, 7) is 0. The van der Waals surface area contributed by atoms with Crippen LogP contribution in [0.3, 0.4) is 0 Å². The second-order valence-electron chi connectivity index (χ2n) is 4.89. The Hall–Kier alpha value is -0.280. The van der Waals surface area contributed by atoms with E-state index in [4.69, 9.17) is 28.9 Å². The molecular weight excluding hydrogens is 433 g/mol. The van der Waals surface area contributed by atoms with E-state index >= 15 is 0 Å². The molecular formula is C12H12BrCl2N3O2S2. The number of hydrogen-bond donors (Lipinski definition) is 1. The maximum Gasteiger partial charge on any atom is 0.330 e. The lowest BCUT2D eigenvalue weighted by Gasteiger charge is -2.04. The molecule has 1 aromatic rings. The quantitative estimate of drug-likeness (QED) is 0.448. The van der Waals surface area contributed by atoms with E-state index in [9.17, 15) is 8.42 Å². The zero-order valence-electron chi connectivity index (χ0n) is 11.1. The van der Waals surface area contributed by atoms with Gasteiger partial charge >= 0.3 is 5.17 Å². The van der Waals surface area contributed by atoms with Gasteiger partial charge in [0.15, 0.2) is 15.9 Å². The molecule has 3 rings (SSSR count). The molecule has 0 amide bonds. The van der Waals surface area contributed by atoms with Gasteiger partial charge in [0.1, 0.15) is 0 Å². The SMILES string of the molecule is NC1=[N+](/N=C/c2ccc(Cl)cc2Cl)C2CS(=O)(=O)CC2S1.[Br-]. The second kappa shape index (κ2) is 6.68. The van der Waals surface area contributed by atoms with Crippen LogP contribution in [-0.2, 0) is 9.84 Å². The predicted octanol–water partition coefficient (Wildman–Crippen LogP) is -1.43. The van der Waals surface area contributed by atoms with Gasteiger partial charge < -0.3 is 17.0 Å². The first-order valence-electron chi connectivity index (χ1n) is 6.13. The first-order valence-corrected chi connectivity index (χ1v) is 9.59. The van der Waals surface area contributed by atoms with Crippen molar-refractivity contribution in [2.75, 3.05) is 11.5 Å². The van der Waals surface area contributed by atoms with Crippen molar-refractivity contribution in [3.05, 3.63) is 33.8 Å². The molecule has 1 saturated heterocycles. The average molecular weight is 445 g/mol. The highest BCUT2D eigenvalue weighted by atomic mass is 79.9. The van der Waals surface area contributed by atoms with Gasteiger partial charge in [-0.3, -0.25) is 5.73 Å². The van der Waals surface area contributed by atoms with Crippen molar-refractivity contribution in [2.45, 2.75) is 11.3 Å². The van der Waals surface area contributed by atoms with E-state index in [0.29, 0.717) is 20.8 Å². The summed E-state index contributed by atoms with van der Waals surface area (Å²) in [4.78, 5) is 0. The topological polar surface area (TPSA) is 75.5 Å². The molecule has 2 unspecified atom stereocenters. The Bertz CT molecular complexity index is 768. The third-order valence-corrected chi connectivity index (χ3v) is 7.07. The van der Waals surface area contributed by atoms with Crippen LogP contribution in [-0.4, -0.2) is 47.3 Å². The van der Waals surface area contributed by atoms with Crippen molar-refractivity contribution in [3.8, 4) is 0 Å². The number of amidine groups is 1. The standard InChI is InChI=1S/C12H11Cl2N3O2S2.BrH/c13-8-2-1-7(9(14)3-8)4-16-17-10-5-21(18,19)6-11(10)20-12(17)15;/h1-4,10-11,15H,5-6H2;1H/b16-4+;.